The van der Waals surface area contributed by atoms with E-state index < -0.39 is 91.4 Å². The number of unbranched alkanes of at least 4 members (excludes halogenated alkanes) is 2. The normalized spacial score (nSPS) is 18.6. The molecule has 414 valence electrons. The van der Waals surface area contributed by atoms with Crippen molar-refractivity contribution in [3.05, 3.63) is 109 Å². The Hall–Kier alpha value is -7.85. The monoisotopic (exact) mass is 1080 g/mol. The van der Waals surface area contributed by atoms with Gasteiger partial charge in [0.2, 0.25) is 47.3 Å². The molecule has 8 amide bonds. The lowest BCUT2D eigenvalue weighted by Crippen LogP contribution is -2.52. The Morgan fingerprint density at radius 1 is 0.910 bits per heavy atom. The van der Waals surface area contributed by atoms with Gasteiger partial charge in [-0.1, -0.05) is 57.5 Å². The van der Waals surface area contributed by atoms with Crippen LogP contribution in [0.25, 0.3) is 22.3 Å². The number of carbonyl (C=O) groups is 8. The van der Waals surface area contributed by atoms with Crippen LogP contribution >= 0.6 is 0 Å². The second-order valence-electron chi connectivity index (χ2n) is 20.7. The van der Waals surface area contributed by atoms with E-state index >= 15 is 4.39 Å². The third kappa shape index (κ3) is 12.0. The molecule has 0 radical (unpaired) electrons. The van der Waals surface area contributed by atoms with E-state index in [1.54, 1.807) is 81.7 Å². The number of benzene rings is 2. The number of ether oxygens (including phenoxy) is 2. The summed E-state index contributed by atoms with van der Waals surface area (Å²) in [6.45, 7) is 6.82. The number of imide groups is 1. The first-order valence-electron chi connectivity index (χ1n) is 26.3. The van der Waals surface area contributed by atoms with Crippen molar-refractivity contribution in [2.45, 2.75) is 123 Å². The van der Waals surface area contributed by atoms with Crippen LogP contribution in [-0.2, 0) is 79.4 Å². The van der Waals surface area contributed by atoms with Gasteiger partial charge < -0.3 is 51.0 Å². The number of likely N-dealkylation sites (tertiary alicyclic amines) is 1. The molecular formula is C56H66FN9O12. The van der Waals surface area contributed by atoms with Gasteiger partial charge in [0.15, 0.2) is 0 Å². The van der Waals surface area contributed by atoms with Crippen LogP contribution in [0.15, 0.2) is 59.1 Å². The van der Waals surface area contributed by atoms with Crippen molar-refractivity contribution in [1.29, 1.82) is 0 Å². The molecule has 4 aromatic rings. The van der Waals surface area contributed by atoms with E-state index in [9.17, 15) is 48.3 Å². The second kappa shape index (κ2) is 23.8. The molecule has 7 N–H and O–H groups in total. The average molecular weight is 1080 g/mol. The number of amides is 8. The van der Waals surface area contributed by atoms with Gasteiger partial charge in [-0.2, -0.15) is 0 Å². The number of nitrogens with one attached hydrogen (secondary N) is 6. The van der Waals surface area contributed by atoms with Gasteiger partial charge in [-0.15, -0.1) is 0 Å². The van der Waals surface area contributed by atoms with E-state index in [2.05, 4.69) is 31.9 Å². The number of rotatable bonds is 22. The quantitative estimate of drug-likeness (QED) is 0.0299. The Bertz CT molecular complexity index is 3180. The summed E-state index contributed by atoms with van der Waals surface area (Å²) in [6, 6.07) is 10.2. The number of allylic oxidation sites excluding steroid dienone is 1. The van der Waals surface area contributed by atoms with Crippen molar-refractivity contribution in [3.63, 3.8) is 0 Å². The van der Waals surface area contributed by atoms with Crippen molar-refractivity contribution in [2.24, 2.45) is 5.41 Å². The zero-order chi connectivity index (χ0) is 56.1. The molecule has 78 heavy (non-hydrogen) atoms. The molecule has 3 atom stereocenters. The lowest BCUT2D eigenvalue weighted by Gasteiger charge is -2.36. The standard InChI is InChI=1S/C56H66FN9O12/c1-6-42-56(76,7-2)36-21-41-51-34(27-66(41)53(74)35(36)28-78-42)50-38(18-17-33-31(3)37(57)22-39(64-51)49(33)50)62-47(71)29-77-30-61-45(69)25-60-52(73)40(20-32-14-10-8-11-15-32)63-46(70)26-59-44(68)24-58-43(67)16-12-9-13-19-65-48(72)23-55(4,5)54(65)75/h6,8,10-11,14-15,21-22,38,40,76H,7,9,12-13,16-20,23-30H2,1-5H3,(H,58,67)(H,59,68)(H,60,73)(H,61,69)(H,62,71)(H,63,70)/b42-6-/t38-,40-,56-/m0/s1. The molecule has 1 aliphatic carbocycles. The Morgan fingerprint density at radius 3 is 2.35 bits per heavy atom. The number of aryl methyl sites for hydroxylation is 1. The van der Waals surface area contributed by atoms with Crippen LogP contribution in [0.5, 0.6) is 0 Å². The van der Waals surface area contributed by atoms with Crippen LogP contribution in [0, 0.1) is 18.2 Å². The Kier molecular flexibility index (Phi) is 17.2. The Balaban J connectivity index is 0.801. The fourth-order valence-corrected chi connectivity index (χ4v) is 10.7. The first kappa shape index (κ1) is 56.4. The van der Waals surface area contributed by atoms with Gasteiger partial charge in [0.05, 0.1) is 60.1 Å². The molecule has 5 heterocycles. The fourth-order valence-electron chi connectivity index (χ4n) is 10.7. The van der Waals surface area contributed by atoms with Gasteiger partial charge in [-0.05, 0) is 80.3 Å². The highest BCUT2D eigenvalue weighted by atomic mass is 19.1. The van der Waals surface area contributed by atoms with Gasteiger partial charge in [-0.3, -0.25) is 48.1 Å². The van der Waals surface area contributed by atoms with Gasteiger partial charge in [0, 0.05) is 48.4 Å². The third-order valence-corrected chi connectivity index (χ3v) is 14.9. The van der Waals surface area contributed by atoms with Gasteiger partial charge >= 0.3 is 0 Å². The van der Waals surface area contributed by atoms with Crippen molar-refractivity contribution < 1.29 is 57.3 Å². The van der Waals surface area contributed by atoms with Crippen molar-refractivity contribution >= 4 is 58.2 Å². The number of fused-ring (bicyclic) bond motifs is 5. The smallest absolute Gasteiger partial charge is 0.258 e. The zero-order valence-corrected chi connectivity index (χ0v) is 44.5. The van der Waals surface area contributed by atoms with Crippen molar-refractivity contribution in [2.75, 3.05) is 39.5 Å². The van der Waals surface area contributed by atoms with Crippen LogP contribution in [0.3, 0.4) is 0 Å². The molecule has 0 unspecified atom stereocenters. The van der Waals surface area contributed by atoms with Gasteiger partial charge in [0.25, 0.3) is 5.56 Å². The number of carbonyl (C=O) groups excluding carboxylic acids is 8. The minimum Gasteiger partial charge on any atom is -0.490 e. The number of aromatic nitrogens is 2. The van der Waals surface area contributed by atoms with Crippen LogP contribution in [-0.4, -0.2) is 112 Å². The van der Waals surface area contributed by atoms with E-state index in [0.717, 1.165) is 5.56 Å². The Morgan fingerprint density at radius 2 is 1.63 bits per heavy atom. The number of hydrogen-bond acceptors (Lipinski definition) is 13. The molecule has 4 aliphatic rings. The SMILES string of the molecule is C/C=C1\OCc2c(cc3n(c2=O)Cc2c-3nc3cc(F)c(C)c4c3c2[C@@H](NC(=O)COCNC(=O)CNC(=O)[C@H](Cc2ccccc2)NC(=O)CNC(=O)CNC(=O)CCCCCN2C(=O)CC(C)(C)C2=O)CC4)[C@@]1(O)CC. The number of aliphatic hydroxyl groups is 1. The van der Waals surface area contributed by atoms with Crippen LogP contribution in [0.1, 0.15) is 118 Å². The summed E-state index contributed by atoms with van der Waals surface area (Å²) in [7, 11) is 0. The summed E-state index contributed by atoms with van der Waals surface area (Å²) in [6.07, 6.45) is 4.71. The number of nitrogens with zero attached hydrogens (tertiary/aromatic N) is 3. The largest absolute Gasteiger partial charge is 0.490 e. The lowest BCUT2D eigenvalue weighted by molar-refractivity contribution is -0.141. The molecule has 1 saturated heterocycles. The van der Waals surface area contributed by atoms with Gasteiger partial charge in [-0.25, -0.2) is 9.37 Å². The summed E-state index contributed by atoms with van der Waals surface area (Å²) in [5, 5.41) is 28.0. The summed E-state index contributed by atoms with van der Waals surface area (Å²) >= 11 is 0. The molecule has 0 saturated carbocycles. The van der Waals surface area contributed by atoms with Crippen molar-refractivity contribution in [3.8, 4) is 11.4 Å². The average Bonchev–Trinajstić information content (AvgIpc) is 3.99. The molecule has 0 bridgehead atoms. The number of halogens is 1. The summed E-state index contributed by atoms with van der Waals surface area (Å²) in [5.41, 5.74) is 2.77. The van der Waals surface area contributed by atoms with E-state index in [0.29, 0.717) is 93.5 Å². The van der Waals surface area contributed by atoms with Crippen LogP contribution < -0.4 is 37.5 Å². The first-order valence-corrected chi connectivity index (χ1v) is 26.3. The summed E-state index contributed by atoms with van der Waals surface area (Å²) in [5.74, 6) is -4.10. The van der Waals surface area contributed by atoms with Crippen LogP contribution in [0.2, 0.25) is 0 Å². The minimum absolute atomic E-state index is 0.0238. The summed E-state index contributed by atoms with van der Waals surface area (Å²) < 4.78 is 28.4. The fraction of sp³-hybridized carbons (Fsp3) is 0.464. The predicted octanol–water partition coefficient (Wildman–Crippen LogP) is 2.52. The number of pyridine rings is 2. The molecule has 1 fully saturated rings. The first-order chi connectivity index (χ1) is 37.2. The molecule has 3 aliphatic heterocycles. The van der Waals surface area contributed by atoms with E-state index in [4.69, 9.17) is 14.5 Å². The van der Waals surface area contributed by atoms with Crippen molar-refractivity contribution in [1.82, 2.24) is 46.4 Å². The highest BCUT2D eigenvalue weighted by Gasteiger charge is 2.45. The molecule has 8 rings (SSSR count). The molecule has 0 spiro atoms. The lowest BCUT2D eigenvalue weighted by atomic mass is 9.81. The molecular weight excluding hydrogens is 1010 g/mol. The predicted molar refractivity (Wildman–Crippen MR) is 281 cm³/mol. The van der Waals surface area contributed by atoms with Gasteiger partial charge in [0.1, 0.15) is 43.2 Å². The maximum atomic E-state index is 15.4. The van der Waals surface area contributed by atoms with E-state index in [-0.39, 0.29) is 68.7 Å². The number of hydrogen-bond donors (Lipinski definition) is 7. The van der Waals surface area contributed by atoms with Crippen LogP contribution in [0.4, 0.5) is 4.39 Å². The maximum Gasteiger partial charge on any atom is 0.258 e. The molecule has 22 heteroatoms. The van der Waals surface area contributed by atoms with E-state index in [1.807, 2.05) is 0 Å². The highest BCUT2D eigenvalue weighted by Crippen LogP contribution is 2.47. The maximum absolute atomic E-state index is 15.4. The Labute approximate surface area is 449 Å². The second-order valence-corrected chi connectivity index (χ2v) is 20.7. The summed E-state index contributed by atoms with van der Waals surface area (Å²) in [4.78, 5) is 122. The minimum atomic E-state index is -1.54. The molecule has 21 nitrogen and oxygen atoms in total. The molecule has 2 aromatic heterocycles. The molecule has 2 aromatic carbocycles. The topological polar surface area (TPSA) is 286 Å². The highest BCUT2D eigenvalue weighted by molar-refractivity contribution is 6.05. The zero-order valence-electron chi connectivity index (χ0n) is 44.5. The van der Waals surface area contributed by atoms with E-state index in [1.165, 1.54) is 11.0 Å². The third-order valence-electron chi connectivity index (χ3n) is 14.9.